The number of hydrogen-bond acceptors (Lipinski definition) is 1. The first-order chi connectivity index (χ1) is 26.8. The van der Waals surface area contributed by atoms with E-state index >= 15 is 0 Å². The van der Waals surface area contributed by atoms with Gasteiger partial charge in [-0.25, -0.2) is 0 Å². The van der Waals surface area contributed by atoms with Gasteiger partial charge in [-0.2, -0.15) is 0 Å². The van der Waals surface area contributed by atoms with Gasteiger partial charge in [0.2, 0.25) is 0 Å². The predicted molar refractivity (Wildman–Crippen MR) is 229 cm³/mol. The maximum atomic E-state index is 2.40. The molecule has 2 nitrogen and oxygen atoms in total. The van der Waals surface area contributed by atoms with Crippen molar-refractivity contribution in [3.05, 3.63) is 218 Å². The SMILES string of the molecule is c1ccc(-c2ccc(N(c3ccc(-c4ccc5ccccc5c4)cc3)c3ccc4c(c3)c3c(-c5ccccc5)cccc3n4-c3ccccc3)cc2)cc1. The monoisotopic (exact) mass is 688 g/mol. The number of anilines is 3. The molecule has 0 saturated carbocycles. The van der Waals surface area contributed by atoms with E-state index in [1.54, 1.807) is 0 Å². The Morgan fingerprint density at radius 2 is 0.852 bits per heavy atom. The number of aromatic nitrogens is 1. The van der Waals surface area contributed by atoms with Crippen molar-refractivity contribution in [1.82, 2.24) is 4.57 Å². The summed E-state index contributed by atoms with van der Waals surface area (Å²) in [6, 6.07) is 78.9. The van der Waals surface area contributed by atoms with E-state index in [4.69, 9.17) is 0 Å². The van der Waals surface area contributed by atoms with Gasteiger partial charge < -0.3 is 9.47 Å². The second-order valence-electron chi connectivity index (χ2n) is 13.8. The third-order valence-electron chi connectivity index (χ3n) is 10.6. The fraction of sp³-hybridized carbons (Fsp3) is 0. The van der Waals surface area contributed by atoms with Crippen LogP contribution < -0.4 is 4.90 Å². The van der Waals surface area contributed by atoms with Crippen molar-refractivity contribution in [1.29, 1.82) is 0 Å². The van der Waals surface area contributed by atoms with Crippen molar-refractivity contribution in [2.45, 2.75) is 0 Å². The van der Waals surface area contributed by atoms with Crippen LogP contribution in [0.1, 0.15) is 0 Å². The van der Waals surface area contributed by atoms with Crippen LogP contribution in [-0.4, -0.2) is 4.57 Å². The van der Waals surface area contributed by atoms with Gasteiger partial charge in [-0.05, 0) is 111 Å². The average molecular weight is 689 g/mol. The number of rotatable bonds is 7. The van der Waals surface area contributed by atoms with Gasteiger partial charge in [0.25, 0.3) is 0 Å². The van der Waals surface area contributed by atoms with Crippen LogP contribution in [0, 0.1) is 0 Å². The highest BCUT2D eigenvalue weighted by molar-refractivity contribution is 6.16. The molecule has 10 aromatic rings. The molecule has 54 heavy (non-hydrogen) atoms. The van der Waals surface area contributed by atoms with Gasteiger partial charge in [0.05, 0.1) is 11.0 Å². The maximum Gasteiger partial charge on any atom is 0.0547 e. The zero-order chi connectivity index (χ0) is 35.8. The van der Waals surface area contributed by atoms with E-state index in [-0.39, 0.29) is 0 Å². The minimum absolute atomic E-state index is 1.10. The molecule has 2 heteroatoms. The maximum absolute atomic E-state index is 2.40. The standard InChI is InChI=1S/C52H36N2/c1-4-13-37(14-5-1)39-25-29-45(30-26-39)53(46-31-27-40(28-32-46)43-24-23-38-15-10-11-18-42(38)35-43)47-33-34-50-49(36-47)52-48(41-16-6-2-7-17-41)21-12-22-51(52)54(50)44-19-8-3-9-20-44/h1-36H. The summed E-state index contributed by atoms with van der Waals surface area (Å²) in [5.41, 5.74) is 14.0. The van der Waals surface area contributed by atoms with Crippen LogP contribution in [0.3, 0.4) is 0 Å². The highest BCUT2D eigenvalue weighted by Crippen LogP contribution is 2.43. The van der Waals surface area contributed by atoms with Gasteiger partial charge >= 0.3 is 0 Å². The number of fused-ring (bicyclic) bond motifs is 4. The van der Waals surface area contributed by atoms with Crippen molar-refractivity contribution in [2.75, 3.05) is 4.90 Å². The Morgan fingerprint density at radius 3 is 1.54 bits per heavy atom. The van der Waals surface area contributed by atoms with E-state index in [1.807, 2.05) is 0 Å². The number of para-hydroxylation sites is 1. The predicted octanol–water partition coefficient (Wildman–Crippen LogP) is 14.4. The number of benzene rings is 9. The summed E-state index contributed by atoms with van der Waals surface area (Å²) in [4.78, 5) is 2.38. The third-order valence-corrected chi connectivity index (χ3v) is 10.6. The van der Waals surface area contributed by atoms with Crippen LogP contribution in [0.2, 0.25) is 0 Å². The first-order valence-electron chi connectivity index (χ1n) is 18.5. The van der Waals surface area contributed by atoms with Crippen LogP contribution in [0.4, 0.5) is 17.1 Å². The quantitative estimate of drug-likeness (QED) is 0.162. The summed E-state index contributed by atoms with van der Waals surface area (Å²) in [5, 5.41) is 4.96. The van der Waals surface area contributed by atoms with E-state index in [9.17, 15) is 0 Å². The normalized spacial score (nSPS) is 11.3. The molecule has 0 bridgehead atoms. The lowest BCUT2D eigenvalue weighted by molar-refractivity contribution is 1.18. The van der Waals surface area contributed by atoms with Crippen molar-refractivity contribution < 1.29 is 0 Å². The number of nitrogens with zero attached hydrogens (tertiary/aromatic N) is 2. The van der Waals surface area contributed by atoms with Gasteiger partial charge in [-0.3, -0.25) is 0 Å². The van der Waals surface area contributed by atoms with Gasteiger partial charge in [-0.1, -0.05) is 152 Å². The Bertz CT molecular complexity index is 2890. The Hall–Kier alpha value is -7.16. The lowest BCUT2D eigenvalue weighted by atomic mass is 9.99. The molecule has 0 aliphatic heterocycles. The molecule has 0 aliphatic rings. The van der Waals surface area contributed by atoms with Crippen molar-refractivity contribution >= 4 is 49.6 Å². The minimum Gasteiger partial charge on any atom is -0.310 e. The summed E-state index contributed by atoms with van der Waals surface area (Å²) < 4.78 is 2.40. The van der Waals surface area contributed by atoms with E-state index in [2.05, 4.69) is 228 Å². The van der Waals surface area contributed by atoms with Crippen LogP contribution in [0.5, 0.6) is 0 Å². The fourth-order valence-corrected chi connectivity index (χ4v) is 7.96. The molecule has 0 saturated heterocycles. The first kappa shape index (κ1) is 31.6. The molecular formula is C52H36N2. The van der Waals surface area contributed by atoms with Crippen molar-refractivity contribution in [3.8, 4) is 39.1 Å². The fourth-order valence-electron chi connectivity index (χ4n) is 7.96. The number of hydrogen-bond donors (Lipinski definition) is 0. The summed E-state index contributed by atoms with van der Waals surface area (Å²) >= 11 is 0. The molecule has 0 atom stereocenters. The van der Waals surface area contributed by atoms with E-state index < -0.39 is 0 Å². The van der Waals surface area contributed by atoms with Gasteiger partial charge in [0.15, 0.2) is 0 Å². The molecule has 254 valence electrons. The first-order valence-corrected chi connectivity index (χ1v) is 18.5. The second-order valence-corrected chi connectivity index (χ2v) is 13.8. The molecule has 0 amide bonds. The molecular weight excluding hydrogens is 653 g/mol. The summed E-state index contributed by atoms with van der Waals surface area (Å²) in [6.07, 6.45) is 0. The minimum atomic E-state index is 1.10. The lowest BCUT2D eigenvalue weighted by Crippen LogP contribution is -2.10. The Balaban J connectivity index is 1.16. The molecule has 0 N–H and O–H groups in total. The summed E-state index contributed by atoms with van der Waals surface area (Å²) in [5.74, 6) is 0. The molecule has 0 aliphatic carbocycles. The molecule has 1 aromatic heterocycles. The van der Waals surface area contributed by atoms with Gasteiger partial charge in [0.1, 0.15) is 0 Å². The molecule has 0 radical (unpaired) electrons. The Morgan fingerprint density at radius 1 is 0.315 bits per heavy atom. The van der Waals surface area contributed by atoms with Gasteiger partial charge in [0, 0.05) is 33.5 Å². The third kappa shape index (κ3) is 5.62. The molecule has 1 heterocycles. The van der Waals surface area contributed by atoms with E-state index in [0.717, 1.165) is 22.7 Å². The molecule has 0 unspecified atom stereocenters. The summed E-state index contributed by atoms with van der Waals surface area (Å²) in [6.45, 7) is 0. The molecule has 10 rings (SSSR count). The Labute approximate surface area is 315 Å². The van der Waals surface area contributed by atoms with Crippen LogP contribution in [0.25, 0.3) is 71.6 Å². The van der Waals surface area contributed by atoms with E-state index in [0.29, 0.717) is 0 Å². The smallest absolute Gasteiger partial charge is 0.0547 e. The second kappa shape index (κ2) is 13.4. The average Bonchev–Trinajstić information content (AvgIpc) is 3.59. The largest absolute Gasteiger partial charge is 0.310 e. The Kier molecular flexibility index (Phi) is 7.85. The zero-order valence-electron chi connectivity index (χ0n) is 29.7. The van der Waals surface area contributed by atoms with Crippen molar-refractivity contribution in [2.24, 2.45) is 0 Å². The zero-order valence-corrected chi connectivity index (χ0v) is 29.7. The van der Waals surface area contributed by atoms with Crippen LogP contribution >= 0.6 is 0 Å². The van der Waals surface area contributed by atoms with Crippen LogP contribution in [-0.2, 0) is 0 Å². The molecule has 9 aromatic carbocycles. The highest BCUT2D eigenvalue weighted by Gasteiger charge is 2.20. The summed E-state index contributed by atoms with van der Waals surface area (Å²) in [7, 11) is 0. The van der Waals surface area contributed by atoms with Crippen molar-refractivity contribution in [3.63, 3.8) is 0 Å². The molecule has 0 spiro atoms. The van der Waals surface area contributed by atoms with Crippen LogP contribution in [0.15, 0.2) is 218 Å². The molecule has 0 fully saturated rings. The topological polar surface area (TPSA) is 8.17 Å². The lowest BCUT2D eigenvalue weighted by Gasteiger charge is -2.26. The highest BCUT2D eigenvalue weighted by atomic mass is 15.1. The van der Waals surface area contributed by atoms with Gasteiger partial charge in [-0.15, -0.1) is 0 Å². The van der Waals surface area contributed by atoms with E-state index in [1.165, 1.54) is 66.0 Å².